The topological polar surface area (TPSA) is 103 Å². The van der Waals surface area contributed by atoms with Crippen LogP contribution in [-0.2, 0) is 23.9 Å². The monoisotopic (exact) mass is 595 g/mol. The van der Waals surface area contributed by atoms with Gasteiger partial charge in [-0.2, -0.15) is 0 Å². The van der Waals surface area contributed by atoms with Crippen LogP contribution in [-0.4, -0.2) is 139 Å². The second-order valence-corrected chi connectivity index (χ2v) is 12.5. The number of ether oxygens (including phenoxy) is 2. The molecule has 3 heterocycles. The van der Waals surface area contributed by atoms with Gasteiger partial charge >= 0.3 is 6.03 Å². The summed E-state index contributed by atoms with van der Waals surface area (Å²) in [6, 6.07) is 0.470. The van der Waals surface area contributed by atoms with Gasteiger partial charge in [-0.05, 0) is 53.0 Å². The van der Waals surface area contributed by atoms with Gasteiger partial charge in [0.2, 0.25) is 17.7 Å². The zero-order valence-electron chi connectivity index (χ0n) is 27.9. The third-order valence-corrected chi connectivity index (χ3v) is 6.96. The molecule has 0 spiro atoms. The van der Waals surface area contributed by atoms with E-state index < -0.39 is 0 Å². The third-order valence-electron chi connectivity index (χ3n) is 6.96. The predicted molar refractivity (Wildman–Crippen MR) is 165 cm³/mol. The predicted octanol–water partition coefficient (Wildman–Crippen LogP) is 3.09. The lowest BCUT2D eigenvalue weighted by Crippen LogP contribution is -2.58. The number of carbonyl (C=O) groups is 4. The Kier molecular flexibility index (Phi) is 16.3. The van der Waals surface area contributed by atoms with Crippen LogP contribution in [0.1, 0.15) is 68.7 Å². The zero-order valence-corrected chi connectivity index (χ0v) is 27.9. The Morgan fingerprint density at radius 3 is 1.79 bits per heavy atom. The fourth-order valence-electron chi connectivity index (χ4n) is 5.33. The van der Waals surface area contributed by atoms with Gasteiger partial charge < -0.3 is 24.2 Å². The first-order valence-corrected chi connectivity index (χ1v) is 15.3. The van der Waals surface area contributed by atoms with Crippen molar-refractivity contribution in [3.05, 3.63) is 12.2 Å². The van der Waals surface area contributed by atoms with Crippen molar-refractivity contribution in [3.8, 4) is 0 Å². The normalized spacial score (nSPS) is 21.5. The number of likely N-dealkylation sites (tertiary alicyclic amines) is 1. The quantitative estimate of drug-likeness (QED) is 0.283. The highest BCUT2D eigenvalue weighted by Gasteiger charge is 2.33. The maximum absolute atomic E-state index is 11.5. The minimum absolute atomic E-state index is 0.125. The molecule has 3 aliphatic heterocycles. The Labute approximate surface area is 254 Å². The highest BCUT2D eigenvalue weighted by atomic mass is 16.5. The molecule has 3 fully saturated rings. The number of carbonyl (C=O) groups excluding carboxylic acids is 4. The smallest absolute Gasteiger partial charge is 0.327 e. The van der Waals surface area contributed by atoms with E-state index in [1.165, 1.54) is 9.80 Å². The lowest BCUT2D eigenvalue weighted by molar-refractivity contribution is -0.136. The van der Waals surface area contributed by atoms with Gasteiger partial charge in [-0.15, -0.1) is 0 Å². The van der Waals surface area contributed by atoms with Gasteiger partial charge in [-0.25, -0.2) is 4.79 Å². The molecule has 0 N–H and O–H groups in total. The summed E-state index contributed by atoms with van der Waals surface area (Å²) in [4.78, 5) is 54.3. The van der Waals surface area contributed by atoms with Crippen LogP contribution in [0, 0.1) is 5.92 Å². The first kappa shape index (κ1) is 37.5. The van der Waals surface area contributed by atoms with Crippen molar-refractivity contribution in [1.82, 2.24) is 24.5 Å². The molecule has 0 radical (unpaired) electrons. The summed E-state index contributed by atoms with van der Waals surface area (Å²) in [6.45, 7) is 28.2. The number of urea groups is 1. The number of rotatable bonds is 10. The second-order valence-electron chi connectivity index (χ2n) is 12.5. The summed E-state index contributed by atoms with van der Waals surface area (Å²) in [5.74, 6) is 0.940. The molecule has 3 saturated heterocycles. The summed E-state index contributed by atoms with van der Waals surface area (Å²) in [5, 5.41) is 0. The molecule has 3 rings (SSSR count). The van der Waals surface area contributed by atoms with Crippen molar-refractivity contribution in [3.63, 3.8) is 0 Å². The first-order chi connectivity index (χ1) is 19.5. The van der Waals surface area contributed by atoms with E-state index in [0.717, 1.165) is 25.2 Å². The maximum Gasteiger partial charge on any atom is 0.327 e. The summed E-state index contributed by atoms with van der Waals surface area (Å²) in [5.41, 5.74) is 1.01. The Morgan fingerprint density at radius 2 is 1.40 bits per heavy atom. The fraction of sp³-hybridized carbons (Fsp3) is 0.806. The molecular weight excluding hydrogens is 538 g/mol. The van der Waals surface area contributed by atoms with Gasteiger partial charge in [0, 0.05) is 65.2 Å². The summed E-state index contributed by atoms with van der Waals surface area (Å²) in [7, 11) is 1.61. The molecular formula is C31H57N5O6. The molecule has 0 aromatic rings. The zero-order chi connectivity index (χ0) is 32.1. The number of likely N-dealkylation sites (N-methyl/N-ethyl adjacent to an activating group) is 1. The summed E-state index contributed by atoms with van der Waals surface area (Å²) < 4.78 is 10.6. The molecule has 0 aromatic carbocycles. The molecule has 5 amide bonds. The molecule has 3 aliphatic rings. The molecule has 0 aromatic heterocycles. The van der Waals surface area contributed by atoms with E-state index in [1.54, 1.807) is 18.9 Å². The molecule has 0 aliphatic carbocycles. The summed E-state index contributed by atoms with van der Waals surface area (Å²) >= 11 is 0. The fourth-order valence-corrected chi connectivity index (χ4v) is 5.33. The average molecular weight is 596 g/mol. The number of nitrogens with zero attached hydrogens (tertiary/aromatic N) is 5. The minimum Gasteiger partial charge on any atom is -0.377 e. The third kappa shape index (κ3) is 13.2. The molecule has 2 atom stereocenters. The van der Waals surface area contributed by atoms with Crippen LogP contribution in [0.3, 0.4) is 0 Å². The van der Waals surface area contributed by atoms with Crippen LogP contribution in [0.4, 0.5) is 4.79 Å². The van der Waals surface area contributed by atoms with Crippen LogP contribution in [0.25, 0.3) is 0 Å². The molecule has 11 heteroatoms. The van der Waals surface area contributed by atoms with Crippen LogP contribution in [0.2, 0.25) is 0 Å². The van der Waals surface area contributed by atoms with Crippen molar-refractivity contribution < 1.29 is 28.7 Å². The van der Waals surface area contributed by atoms with E-state index in [0.29, 0.717) is 57.3 Å². The molecule has 242 valence electrons. The Hall–Kier alpha value is -2.50. The number of amides is 5. The number of piperazine rings is 1. The van der Waals surface area contributed by atoms with E-state index in [2.05, 4.69) is 39.2 Å². The van der Waals surface area contributed by atoms with E-state index in [9.17, 15) is 19.2 Å². The maximum atomic E-state index is 11.5. The van der Waals surface area contributed by atoms with Crippen molar-refractivity contribution in [2.24, 2.45) is 5.92 Å². The standard InChI is InChI=1S/C12H24N2O.C10H17NO2.C9H16N2O3/c1-9(2)6-13-7-10(3)14(12(5)15)11(4)8-13;1-8(2)13-5-4-11-7-9(3)6-10(11)12;1-7(2)14-5-4-11-8(12)6-10(3)9(11)13/h9-11H,6-8H2,1-5H3;8H,3-7H2,1-2H3;7H,4-6H2,1-3H3/t10-,11+;;. The van der Waals surface area contributed by atoms with Crippen LogP contribution in [0.5, 0.6) is 0 Å². The van der Waals surface area contributed by atoms with E-state index in [4.69, 9.17) is 9.47 Å². The number of hydrogen-bond donors (Lipinski definition) is 0. The van der Waals surface area contributed by atoms with Gasteiger partial charge in [0.15, 0.2) is 0 Å². The second kappa shape index (κ2) is 18.2. The van der Waals surface area contributed by atoms with E-state index in [1.807, 2.05) is 32.6 Å². The Morgan fingerprint density at radius 1 is 0.881 bits per heavy atom. The lowest BCUT2D eigenvalue weighted by Gasteiger charge is -2.44. The Balaban J connectivity index is 0.000000316. The SMILES string of the molecule is C=C1CC(=O)N(CCOC(C)C)C1.CC(=O)N1[C@H](C)CN(CC(C)C)C[C@@H]1C.CC(C)OCCN1C(=O)CN(C)C1=O. The highest BCUT2D eigenvalue weighted by Crippen LogP contribution is 2.17. The molecule has 11 nitrogen and oxygen atoms in total. The first-order valence-electron chi connectivity index (χ1n) is 15.3. The molecule has 0 unspecified atom stereocenters. The molecule has 0 saturated carbocycles. The van der Waals surface area contributed by atoms with Gasteiger partial charge in [0.25, 0.3) is 0 Å². The van der Waals surface area contributed by atoms with Crippen molar-refractivity contribution in [2.75, 3.05) is 66.1 Å². The minimum atomic E-state index is -0.234. The largest absolute Gasteiger partial charge is 0.377 e. The number of imide groups is 1. The lowest BCUT2D eigenvalue weighted by atomic mass is 10.1. The van der Waals surface area contributed by atoms with Gasteiger partial charge in [0.1, 0.15) is 6.54 Å². The Bertz CT molecular complexity index is 896. The highest BCUT2D eigenvalue weighted by molar-refractivity contribution is 6.01. The number of hydrogen-bond acceptors (Lipinski definition) is 7. The van der Waals surface area contributed by atoms with Crippen LogP contribution < -0.4 is 0 Å². The van der Waals surface area contributed by atoms with E-state index >= 15 is 0 Å². The van der Waals surface area contributed by atoms with Crippen LogP contribution in [0.15, 0.2) is 12.2 Å². The van der Waals surface area contributed by atoms with Crippen LogP contribution >= 0.6 is 0 Å². The van der Waals surface area contributed by atoms with Crippen molar-refractivity contribution in [1.29, 1.82) is 0 Å². The molecule has 42 heavy (non-hydrogen) atoms. The van der Waals surface area contributed by atoms with Gasteiger partial charge in [0.05, 0.1) is 32.0 Å². The average Bonchev–Trinajstić information content (AvgIpc) is 3.29. The van der Waals surface area contributed by atoms with Crippen molar-refractivity contribution in [2.45, 2.75) is 93.0 Å². The van der Waals surface area contributed by atoms with Gasteiger partial charge in [-0.3, -0.25) is 24.2 Å². The molecule has 0 bridgehead atoms. The summed E-state index contributed by atoms with van der Waals surface area (Å²) in [6.07, 6.45) is 0.878. The van der Waals surface area contributed by atoms with Crippen molar-refractivity contribution >= 4 is 23.8 Å². The van der Waals surface area contributed by atoms with E-state index in [-0.39, 0.29) is 42.5 Å². The van der Waals surface area contributed by atoms with Gasteiger partial charge in [-0.1, -0.05) is 20.4 Å².